The van der Waals surface area contributed by atoms with Crippen molar-refractivity contribution in [3.05, 3.63) is 0 Å². The summed E-state index contributed by atoms with van der Waals surface area (Å²) in [5, 5.41) is 0. The van der Waals surface area contributed by atoms with Gasteiger partial charge in [0.25, 0.3) is 0 Å². The number of esters is 2. The number of rotatable bonds is 8. The van der Waals surface area contributed by atoms with Gasteiger partial charge < -0.3 is 14.2 Å². The molecule has 6 heteroatoms. The molecule has 0 aromatic heterocycles. The lowest BCUT2D eigenvalue weighted by atomic mass is 9.88. The Labute approximate surface area is 107 Å². The molecule has 2 atom stereocenters. The monoisotopic (exact) mass is 260 g/mol. The molecule has 0 radical (unpaired) electrons. The minimum absolute atomic E-state index is 0.0676. The lowest BCUT2D eigenvalue weighted by Gasteiger charge is -2.21. The highest BCUT2D eigenvalue weighted by molar-refractivity contribution is 6.02. The topological polar surface area (TPSA) is 78.9 Å². The average molecular weight is 260 g/mol. The van der Waals surface area contributed by atoms with Crippen molar-refractivity contribution in [1.82, 2.24) is 0 Å². The molecule has 6 nitrogen and oxygen atoms in total. The van der Waals surface area contributed by atoms with Gasteiger partial charge in [0.05, 0.1) is 20.3 Å². The van der Waals surface area contributed by atoms with Crippen molar-refractivity contribution in [2.75, 3.05) is 27.4 Å². The van der Waals surface area contributed by atoms with Gasteiger partial charge in [-0.2, -0.15) is 0 Å². The first-order valence-corrected chi connectivity index (χ1v) is 5.79. The number of carbonyl (C=O) groups excluding carboxylic acids is 3. The SMILES string of the molecule is CCOC(=O)[C@@H](C(=O)CC)[C@H](COC)C(=O)OC. The zero-order chi connectivity index (χ0) is 14.1. The Hall–Kier alpha value is -1.43. The minimum atomic E-state index is -1.16. The predicted molar refractivity (Wildman–Crippen MR) is 62.8 cm³/mol. The molecule has 18 heavy (non-hydrogen) atoms. The summed E-state index contributed by atoms with van der Waals surface area (Å²) in [5.41, 5.74) is 0. The summed E-state index contributed by atoms with van der Waals surface area (Å²) in [4.78, 5) is 35.2. The third-order valence-corrected chi connectivity index (χ3v) is 2.49. The van der Waals surface area contributed by atoms with E-state index in [0.29, 0.717) is 0 Å². The molecule has 0 fully saturated rings. The fourth-order valence-electron chi connectivity index (χ4n) is 1.60. The summed E-state index contributed by atoms with van der Waals surface area (Å²) in [6.45, 7) is 3.33. The van der Waals surface area contributed by atoms with Gasteiger partial charge in [0.2, 0.25) is 0 Å². The normalized spacial score (nSPS) is 13.6. The Kier molecular flexibility index (Phi) is 7.94. The van der Waals surface area contributed by atoms with E-state index in [4.69, 9.17) is 9.47 Å². The van der Waals surface area contributed by atoms with Crippen LogP contribution in [-0.4, -0.2) is 45.2 Å². The largest absolute Gasteiger partial charge is 0.469 e. The predicted octanol–water partition coefficient (Wildman–Crippen LogP) is 0.580. The number of ether oxygens (including phenoxy) is 3. The van der Waals surface area contributed by atoms with E-state index in [-0.39, 0.29) is 25.4 Å². The zero-order valence-corrected chi connectivity index (χ0v) is 11.2. The molecule has 0 saturated heterocycles. The van der Waals surface area contributed by atoms with Crippen LogP contribution < -0.4 is 0 Å². The van der Waals surface area contributed by atoms with Gasteiger partial charge >= 0.3 is 11.9 Å². The maximum atomic E-state index is 11.8. The van der Waals surface area contributed by atoms with Crippen LogP contribution in [0.4, 0.5) is 0 Å². The number of ketones is 1. The second-order valence-electron chi connectivity index (χ2n) is 3.63. The zero-order valence-electron chi connectivity index (χ0n) is 11.2. The molecule has 0 aliphatic heterocycles. The van der Waals surface area contributed by atoms with Crippen molar-refractivity contribution < 1.29 is 28.6 Å². The van der Waals surface area contributed by atoms with Crippen molar-refractivity contribution in [2.24, 2.45) is 11.8 Å². The number of hydrogen-bond donors (Lipinski definition) is 0. The Morgan fingerprint density at radius 3 is 2.06 bits per heavy atom. The molecule has 0 saturated carbocycles. The van der Waals surface area contributed by atoms with Crippen molar-refractivity contribution in [2.45, 2.75) is 20.3 Å². The number of hydrogen-bond acceptors (Lipinski definition) is 6. The molecule has 0 aliphatic carbocycles. The second-order valence-corrected chi connectivity index (χ2v) is 3.63. The number of methoxy groups -OCH3 is 2. The summed E-state index contributed by atoms with van der Waals surface area (Å²) < 4.78 is 14.3. The summed E-state index contributed by atoms with van der Waals surface area (Å²) in [6, 6.07) is 0. The highest BCUT2D eigenvalue weighted by atomic mass is 16.5. The number of carbonyl (C=O) groups is 3. The van der Waals surface area contributed by atoms with Crippen LogP contribution in [0.3, 0.4) is 0 Å². The highest BCUT2D eigenvalue weighted by Crippen LogP contribution is 2.19. The fourth-order valence-corrected chi connectivity index (χ4v) is 1.60. The van der Waals surface area contributed by atoms with Crippen LogP contribution in [0.2, 0.25) is 0 Å². The minimum Gasteiger partial charge on any atom is -0.469 e. The third-order valence-electron chi connectivity index (χ3n) is 2.49. The molecular weight excluding hydrogens is 240 g/mol. The van der Waals surface area contributed by atoms with E-state index >= 15 is 0 Å². The van der Waals surface area contributed by atoms with Crippen molar-refractivity contribution in [3.8, 4) is 0 Å². The van der Waals surface area contributed by atoms with E-state index in [0.717, 1.165) is 0 Å². The van der Waals surface area contributed by atoms with E-state index in [9.17, 15) is 14.4 Å². The molecule has 0 amide bonds. The average Bonchev–Trinajstić information content (AvgIpc) is 2.37. The van der Waals surface area contributed by atoms with E-state index in [2.05, 4.69) is 4.74 Å². The first-order valence-electron chi connectivity index (χ1n) is 5.79. The van der Waals surface area contributed by atoms with Gasteiger partial charge in [-0.05, 0) is 6.92 Å². The van der Waals surface area contributed by atoms with Gasteiger partial charge in [0.1, 0.15) is 17.6 Å². The maximum absolute atomic E-state index is 11.8. The molecule has 104 valence electrons. The molecule has 0 aliphatic rings. The quantitative estimate of drug-likeness (QED) is 0.469. The molecule has 0 heterocycles. The van der Waals surface area contributed by atoms with E-state index in [1.165, 1.54) is 14.2 Å². The van der Waals surface area contributed by atoms with Gasteiger partial charge in [-0.25, -0.2) is 0 Å². The van der Waals surface area contributed by atoms with Crippen molar-refractivity contribution in [1.29, 1.82) is 0 Å². The van der Waals surface area contributed by atoms with Gasteiger partial charge in [-0.1, -0.05) is 6.92 Å². The first-order chi connectivity index (χ1) is 8.53. The molecule has 0 spiro atoms. The van der Waals surface area contributed by atoms with Crippen LogP contribution in [0.15, 0.2) is 0 Å². The number of Topliss-reactive ketones (excluding diaryl/α,β-unsaturated/α-hetero) is 1. The van der Waals surface area contributed by atoms with Crippen LogP contribution in [0, 0.1) is 11.8 Å². The van der Waals surface area contributed by atoms with Crippen LogP contribution in [-0.2, 0) is 28.6 Å². The summed E-state index contributed by atoms with van der Waals surface area (Å²) >= 11 is 0. The summed E-state index contributed by atoms with van der Waals surface area (Å²) in [5.74, 6) is -3.86. The first kappa shape index (κ1) is 16.6. The van der Waals surface area contributed by atoms with Crippen molar-refractivity contribution in [3.63, 3.8) is 0 Å². The molecule has 0 N–H and O–H groups in total. The molecule has 0 aromatic rings. The van der Waals surface area contributed by atoms with Crippen LogP contribution in [0.25, 0.3) is 0 Å². The highest BCUT2D eigenvalue weighted by Gasteiger charge is 2.40. The van der Waals surface area contributed by atoms with E-state index < -0.39 is 23.8 Å². The van der Waals surface area contributed by atoms with Crippen molar-refractivity contribution >= 4 is 17.7 Å². The smallest absolute Gasteiger partial charge is 0.317 e. The van der Waals surface area contributed by atoms with E-state index in [1.807, 2.05) is 0 Å². The van der Waals surface area contributed by atoms with Crippen LogP contribution in [0.5, 0.6) is 0 Å². The van der Waals surface area contributed by atoms with Gasteiger partial charge in [0.15, 0.2) is 0 Å². The molecule has 0 unspecified atom stereocenters. The Morgan fingerprint density at radius 1 is 1.06 bits per heavy atom. The molecule has 0 bridgehead atoms. The molecular formula is C12H20O6. The summed E-state index contributed by atoms with van der Waals surface area (Å²) in [6.07, 6.45) is 0.140. The lowest BCUT2D eigenvalue weighted by Crippen LogP contribution is -2.39. The fraction of sp³-hybridized carbons (Fsp3) is 0.750. The van der Waals surface area contributed by atoms with Gasteiger partial charge in [0, 0.05) is 13.5 Å². The van der Waals surface area contributed by atoms with Crippen LogP contribution in [0.1, 0.15) is 20.3 Å². The van der Waals surface area contributed by atoms with E-state index in [1.54, 1.807) is 13.8 Å². The third kappa shape index (κ3) is 4.44. The van der Waals surface area contributed by atoms with Crippen LogP contribution >= 0.6 is 0 Å². The Morgan fingerprint density at radius 2 is 1.67 bits per heavy atom. The lowest BCUT2D eigenvalue weighted by molar-refractivity contribution is -0.164. The Bertz CT molecular complexity index is 299. The standard InChI is InChI=1S/C12H20O6/c1-5-9(13)10(12(15)18-6-2)8(7-16-3)11(14)17-4/h8,10H,5-7H2,1-4H3/t8-,10+/m0/s1. The maximum Gasteiger partial charge on any atom is 0.317 e. The van der Waals surface area contributed by atoms with Gasteiger partial charge in [-0.15, -0.1) is 0 Å². The van der Waals surface area contributed by atoms with Gasteiger partial charge in [-0.3, -0.25) is 14.4 Å². The molecule has 0 rings (SSSR count). The molecule has 0 aromatic carbocycles. The second kappa shape index (κ2) is 8.63. The summed E-state index contributed by atoms with van der Waals surface area (Å²) in [7, 11) is 2.58. The Balaban J connectivity index is 5.15.